The van der Waals surface area contributed by atoms with Crippen LogP contribution < -0.4 is 5.32 Å². The third-order valence-electron chi connectivity index (χ3n) is 2.80. The van der Waals surface area contributed by atoms with Gasteiger partial charge < -0.3 is 15.0 Å². The average Bonchev–Trinajstić information content (AvgIpc) is 2.32. The fourth-order valence-corrected chi connectivity index (χ4v) is 1.40. The topological polar surface area (TPSA) is 41.6 Å². The largest absolute Gasteiger partial charge is 0.463 e. The Bertz CT molecular complexity index is 240. The molecule has 0 unspecified atom stereocenters. The van der Waals surface area contributed by atoms with Gasteiger partial charge in [-0.25, -0.2) is 4.79 Å². The van der Waals surface area contributed by atoms with Gasteiger partial charge in [0.15, 0.2) is 0 Å². The first-order valence-electron chi connectivity index (χ1n) is 6.82. The zero-order valence-electron chi connectivity index (χ0n) is 12.2. The second-order valence-corrected chi connectivity index (χ2v) is 4.64. The highest BCUT2D eigenvalue weighted by atomic mass is 16.5. The van der Waals surface area contributed by atoms with Gasteiger partial charge in [0.2, 0.25) is 0 Å². The first kappa shape index (κ1) is 17.1. The van der Waals surface area contributed by atoms with E-state index in [4.69, 9.17) is 4.74 Å². The van der Waals surface area contributed by atoms with Gasteiger partial charge in [-0.05, 0) is 53.8 Å². The molecule has 0 spiro atoms. The Hall–Kier alpha value is -0.870. The maximum absolute atomic E-state index is 11.0. The Morgan fingerprint density at radius 1 is 1.39 bits per heavy atom. The molecule has 0 aromatic heterocycles. The number of nitrogens with zero attached hydrogens (tertiary/aromatic N) is 1. The van der Waals surface area contributed by atoms with Crippen LogP contribution in [0, 0.1) is 0 Å². The molecule has 0 bridgehead atoms. The Kier molecular flexibility index (Phi) is 10.7. The molecule has 0 aromatic rings. The lowest BCUT2D eigenvalue weighted by Crippen LogP contribution is -2.27. The van der Waals surface area contributed by atoms with Gasteiger partial charge in [0.25, 0.3) is 0 Å². The van der Waals surface area contributed by atoms with E-state index in [9.17, 15) is 4.79 Å². The van der Waals surface area contributed by atoms with Crippen molar-refractivity contribution < 1.29 is 9.53 Å². The molecule has 4 nitrogen and oxygen atoms in total. The van der Waals surface area contributed by atoms with Crippen LogP contribution >= 0.6 is 0 Å². The van der Waals surface area contributed by atoms with Gasteiger partial charge in [-0.1, -0.05) is 6.08 Å². The molecule has 0 aliphatic heterocycles. The maximum atomic E-state index is 11.0. The van der Waals surface area contributed by atoms with E-state index < -0.39 is 0 Å². The first-order valence-corrected chi connectivity index (χ1v) is 6.82. The summed E-state index contributed by atoms with van der Waals surface area (Å²) in [6.07, 6.45) is 5.63. The van der Waals surface area contributed by atoms with Crippen molar-refractivity contribution in [3.63, 3.8) is 0 Å². The van der Waals surface area contributed by atoms with Gasteiger partial charge in [0.1, 0.15) is 0 Å². The van der Waals surface area contributed by atoms with Crippen LogP contribution in [0.1, 0.15) is 33.6 Å². The summed E-state index contributed by atoms with van der Waals surface area (Å²) in [6.45, 7) is 9.49. The highest BCUT2D eigenvalue weighted by molar-refractivity contribution is 5.81. The van der Waals surface area contributed by atoms with Gasteiger partial charge in [-0.2, -0.15) is 0 Å². The van der Waals surface area contributed by atoms with Crippen LogP contribution in [-0.4, -0.2) is 50.2 Å². The lowest BCUT2D eigenvalue weighted by atomic mass is 10.2. The van der Waals surface area contributed by atoms with Crippen molar-refractivity contribution >= 4 is 5.97 Å². The summed E-state index contributed by atoms with van der Waals surface area (Å²) in [7, 11) is 2.15. The number of carbonyl (C=O) groups excluding carboxylic acids is 1. The minimum absolute atomic E-state index is 0.266. The molecule has 0 saturated heterocycles. The number of carbonyl (C=O) groups is 1. The third-order valence-corrected chi connectivity index (χ3v) is 2.80. The second kappa shape index (κ2) is 11.2. The molecule has 1 N–H and O–H groups in total. The van der Waals surface area contributed by atoms with Crippen LogP contribution in [0.4, 0.5) is 0 Å². The Morgan fingerprint density at radius 2 is 2.11 bits per heavy atom. The average molecular weight is 256 g/mol. The maximum Gasteiger partial charge on any atom is 0.330 e. The van der Waals surface area contributed by atoms with Gasteiger partial charge in [0, 0.05) is 18.7 Å². The van der Waals surface area contributed by atoms with Crippen molar-refractivity contribution in [1.82, 2.24) is 10.2 Å². The van der Waals surface area contributed by atoms with Crippen LogP contribution in [-0.2, 0) is 9.53 Å². The summed E-state index contributed by atoms with van der Waals surface area (Å²) in [5.74, 6) is -0.266. The van der Waals surface area contributed by atoms with E-state index in [1.54, 1.807) is 13.0 Å². The van der Waals surface area contributed by atoms with E-state index in [1.165, 1.54) is 12.5 Å². The van der Waals surface area contributed by atoms with Gasteiger partial charge in [0.05, 0.1) is 6.61 Å². The fraction of sp³-hybridized carbons (Fsp3) is 0.786. The number of rotatable bonds is 10. The molecule has 18 heavy (non-hydrogen) atoms. The SMILES string of the molecule is CCOC(=O)/C=C/CNCCCCN(C)C(C)C. The quantitative estimate of drug-likeness (QED) is 0.368. The van der Waals surface area contributed by atoms with Crippen molar-refractivity contribution in [3.8, 4) is 0 Å². The van der Waals surface area contributed by atoms with Crippen molar-refractivity contribution in [2.75, 3.05) is 33.3 Å². The number of hydrogen-bond donors (Lipinski definition) is 1. The van der Waals surface area contributed by atoms with E-state index in [0.717, 1.165) is 26.1 Å². The van der Waals surface area contributed by atoms with Crippen molar-refractivity contribution in [1.29, 1.82) is 0 Å². The third kappa shape index (κ3) is 10.3. The molecule has 4 heteroatoms. The zero-order valence-corrected chi connectivity index (χ0v) is 12.2. The summed E-state index contributed by atoms with van der Waals surface area (Å²) in [6, 6.07) is 0.616. The summed E-state index contributed by atoms with van der Waals surface area (Å²) in [4.78, 5) is 13.3. The highest BCUT2D eigenvalue weighted by Crippen LogP contribution is 1.97. The van der Waals surface area contributed by atoms with Gasteiger partial charge >= 0.3 is 5.97 Å². The van der Waals surface area contributed by atoms with E-state index in [-0.39, 0.29) is 5.97 Å². The zero-order chi connectivity index (χ0) is 13.8. The molecular weight excluding hydrogens is 228 g/mol. The minimum Gasteiger partial charge on any atom is -0.463 e. The Balaban J connectivity index is 3.33. The van der Waals surface area contributed by atoms with Crippen LogP contribution in [0.2, 0.25) is 0 Å². The van der Waals surface area contributed by atoms with Crippen LogP contribution in [0.5, 0.6) is 0 Å². The van der Waals surface area contributed by atoms with Crippen molar-refractivity contribution in [2.24, 2.45) is 0 Å². The van der Waals surface area contributed by atoms with E-state index in [2.05, 4.69) is 31.1 Å². The van der Waals surface area contributed by atoms with Gasteiger partial charge in [-0.3, -0.25) is 0 Å². The smallest absolute Gasteiger partial charge is 0.330 e. The summed E-state index contributed by atoms with van der Waals surface area (Å²) in [5, 5.41) is 3.27. The number of nitrogens with one attached hydrogen (secondary N) is 1. The van der Waals surface area contributed by atoms with E-state index in [0.29, 0.717) is 12.6 Å². The number of hydrogen-bond acceptors (Lipinski definition) is 4. The molecule has 0 radical (unpaired) electrons. The monoisotopic (exact) mass is 256 g/mol. The molecule has 106 valence electrons. The molecule has 0 aromatic carbocycles. The Labute approximate surface area is 111 Å². The number of unbranched alkanes of at least 4 members (excludes halogenated alkanes) is 1. The molecule has 0 atom stereocenters. The highest BCUT2D eigenvalue weighted by Gasteiger charge is 2.01. The minimum atomic E-state index is -0.266. The molecule has 0 saturated carbocycles. The summed E-state index contributed by atoms with van der Waals surface area (Å²) in [5.41, 5.74) is 0. The van der Waals surface area contributed by atoms with Gasteiger partial charge in [-0.15, -0.1) is 0 Å². The molecule has 0 rings (SSSR count). The van der Waals surface area contributed by atoms with Crippen LogP contribution in [0.3, 0.4) is 0 Å². The van der Waals surface area contributed by atoms with Crippen molar-refractivity contribution in [3.05, 3.63) is 12.2 Å². The second-order valence-electron chi connectivity index (χ2n) is 4.64. The van der Waals surface area contributed by atoms with E-state index >= 15 is 0 Å². The number of ether oxygens (including phenoxy) is 1. The summed E-state index contributed by atoms with van der Waals surface area (Å²) >= 11 is 0. The normalized spacial score (nSPS) is 11.7. The molecule has 0 fully saturated rings. The molecular formula is C14H28N2O2. The standard InChI is InChI=1S/C14H28N2O2/c1-5-18-14(17)9-8-11-15-10-6-7-12-16(4)13(2)3/h8-9,13,15H,5-7,10-12H2,1-4H3/b9-8+. The predicted octanol–water partition coefficient (Wildman–Crippen LogP) is 1.82. The number of esters is 1. The molecule has 0 aliphatic rings. The molecule has 0 amide bonds. The van der Waals surface area contributed by atoms with Crippen molar-refractivity contribution in [2.45, 2.75) is 39.7 Å². The predicted molar refractivity (Wildman–Crippen MR) is 75.6 cm³/mol. The molecule has 0 heterocycles. The lowest BCUT2D eigenvalue weighted by molar-refractivity contribution is -0.137. The Morgan fingerprint density at radius 3 is 2.72 bits per heavy atom. The fourth-order valence-electron chi connectivity index (χ4n) is 1.40. The molecule has 0 aliphatic carbocycles. The first-order chi connectivity index (χ1) is 8.57. The van der Waals surface area contributed by atoms with Crippen LogP contribution in [0.15, 0.2) is 12.2 Å². The van der Waals surface area contributed by atoms with E-state index in [1.807, 2.05) is 0 Å². The van der Waals surface area contributed by atoms with Crippen LogP contribution in [0.25, 0.3) is 0 Å². The lowest BCUT2D eigenvalue weighted by Gasteiger charge is -2.20. The summed E-state index contributed by atoms with van der Waals surface area (Å²) < 4.78 is 4.78.